The molecule has 2 amide bonds. The van der Waals surface area contributed by atoms with Crippen molar-refractivity contribution >= 4 is 57.9 Å². The Morgan fingerprint density at radius 1 is 1.00 bits per heavy atom. The third-order valence-corrected chi connectivity index (χ3v) is 6.97. The van der Waals surface area contributed by atoms with E-state index in [1.165, 1.54) is 12.1 Å². The van der Waals surface area contributed by atoms with Crippen LogP contribution in [0.1, 0.15) is 23.6 Å². The predicted octanol–water partition coefficient (Wildman–Crippen LogP) is 7.12. The average molecular weight is 559 g/mol. The molecular weight excluding hydrogens is 539 g/mol. The first-order valence-electron chi connectivity index (χ1n) is 11.1. The van der Waals surface area contributed by atoms with Gasteiger partial charge in [0.15, 0.2) is 11.5 Å². The number of imide groups is 1. The Morgan fingerprint density at radius 3 is 2.35 bits per heavy atom. The van der Waals surface area contributed by atoms with Crippen LogP contribution in [0.2, 0.25) is 10.0 Å². The normalized spacial score (nSPS) is 14.4. The molecule has 1 aliphatic rings. The largest absolute Gasteiger partial charge is 0.490 e. The summed E-state index contributed by atoms with van der Waals surface area (Å²) in [5.41, 5.74) is 1.90. The van der Waals surface area contributed by atoms with Gasteiger partial charge in [-0.3, -0.25) is 24.6 Å². The van der Waals surface area contributed by atoms with Crippen molar-refractivity contribution in [3.63, 3.8) is 0 Å². The number of hydrogen-bond acceptors (Lipinski definition) is 7. The van der Waals surface area contributed by atoms with E-state index < -0.39 is 16.1 Å². The van der Waals surface area contributed by atoms with Crippen molar-refractivity contribution in [2.75, 3.05) is 6.61 Å². The smallest absolute Gasteiger partial charge is 0.293 e. The molecule has 1 fully saturated rings. The molecule has 1 saturated heterocycles. The van der Waals surface area contributed by atoms with Gasteiger partial charge in [-0.25, -0.2) is 0 Å². The second-order valence-electron chi connectivity index (χ2n) is 7.82. The molecule has 0 radical (unpaired) electrons. The molecule has 3 aromatic carbocycles. The maximum absolute atomic E-state index is 13.0. The van der Waals surface area contributed by atoms with Crippen molar-refractivity contribution in [1.29, 1.82) is 0 Å². The molecule has 0 atom stereocenters. The number of thioether (sulfide) groups is 1. The van der Waals surface area contributed by atoms with E-state index in [1.807, 2.05) is 6.92 Å². The van der Waals surface area contributed by atoms with Gasteiger partial charge in [0.2, 0.25) is 0 Å². The summed E-state index contributed by atoms with van der Waals surface area (Å²) in [5.74, 6) is 0.488. The van der Waals surface area contributed by atoms with Gasteiger partial charge < -0.3 is 9.47 Å². The lowest BCUT2D eigenvalue weighted by molar-refractivity contribution is -0.384. The molecule has 1 aliphatic heterocycles. The van der Waals surface area contributed by atoms with Gasteiger partial charge in [-0.15, -0.1) is 0 Å². The molecule has 37 heavy (non-hydrogen) atoms. The van der Waals surface area contributed by atoms with E-state index >= 15 is 0 Å². The monoisotopic (exact) mass is 558 g/mol. The summed E-state index contributed by atoms with van der Waals surface area (Å²) in [6.45, 7) is 2.37. The van der Waals surface area contributed by atoms with Crippen molar-refractivity contribution in [3.05, 3.63) is 102 Å². The average Bonchev–Trinajstić information content (AvgIpc) is 3.13. The topological polar surface area (TPSA) is 99.0 Å². The maximum atomic E-state index is 13.0. The molecule has 0 unspecified atom stereocenters. The van der Waals surface area contributed by atoms with Crippen LogP contribution in [-0.4, -0.2) is 27.6 Å². The fourth-order valence-electron chi connectivity index (χ4n) is 3.51. The number of carbonyl (C=O) groups excluding carboxylic acids is 2. The summed E-state index contributed by atoms with van der Waals surface area (Å²) >= 11 is 13.2. The number of benzene rings is 3. The van der Waals surface area contributed by atoms with Gasteiger partial charge in [0, 0.05) is 27.7 Å². The van der Waals surface area contributed by atoms with E-state index in [0.717, 1.165) is 22.2 Å². The number of nitrogens with zero attached hydrogens (tertiary/aromatic N) is 2. The van der Waals surface area contributed by atoms with Crippen LogP contribution in [0.15, 0.2) is 65.6 Å². The number of halogens is 2. The third-order valence-electron chi connectivity index (χ3n) is 5.36. The fourth-order valence-corrected chi connectivity index (χ4v) is 4.86. The Labute approximate surface area is 226 Å². The first kappa shape index (κ1) is 26.5. The number of rotatable bonds is 9. The van der Waals surface area contributed by atoms with Crippen molar-refractivity contribution in [2.45, 2.75) is 20.1 Å². The fraction of sp³-hybridized carbons (Fsp3) is 0.154. The SMILES string of the molecule is CCOc1cc(/C=C2\SC(=O)N(Cc3c(Cl)cccc3Cl)C2=O)ccc1OCc1ccc([N+](=O)[O-])cc1. The molecule has 0 saturated carbocycles. The minimum atomic E-state index is -0.461. The molecule has 3 aromatic rings. The van der Waals surface area contributed by atoms with Gasteiger partial charge in [0.05, 0.1) is 23.0 Å². The summed E-state index contributed by atoms with van der Waals surface area (Å²) in [4.78, 5) is 37.3. The Bertz CT molecular complexity index is 1370. The van der Waals surface area contributed by atoms with Gasteiger partial charge in [0.1, 0.15) is 6.61 Å². The van der Waals surface area contributed by atoms with Crippen LogP contribution in [0.5, 0.6) is 11.5 Å². The summed E-state index contributed by atoms with van der Waals surface area (Å²) in [5, 5.41) is 11.2. The highest BCUT2D eigenvalue weighted by atomic mass is 35.5. The zero-order valence-corrected chi connectivity index (χ0v) is 21.8. The highest BCUT2D eigenvalue weighted by molar-refractivity contribution is 8.18. The second-order valence-corrected chi connectivity index (χ2v) is 9.63. The van der Waals surface area contributed by atoms with E-state index in [-0.39, 0.29) is 23.7 Å². The summed E-state index contributed by atoms with van der Waals surface area (Å²) in [7, 11) is 0. The highest BCUT2D eigenvalue weighted by Crippen LogP contribution is 2.37. The molecule has 0 bridgehead atoms. The lowest BCUT2D eigenvalue weighted by Crippen LogP contribution is -2.27. The van der Waals surface area contributed by atoms with Crippen LogP contribution in [0.25, 0.3) is 6.08 Å². The van der Waals surface area contributed by atoms with Crippen molar-refractivity contribution < 1.29 is 24.0 Å². The number of nitro groups is 1. The van der Waals surface area contributed by atoms with Gasteiger partial charge in [-0.2, -0.15) is 0 Å². The molecule has 4 rings (SSSR count). The number of hydrogen-bond donors (Lipinski definition) is 0. The van der Waals surface area contributed by atoms with E-state index in [1.54, 1.807) is 54.6 Å². The Kier molecular flexibility index (Phi) is 8.38. The van der Waals surface area contributed by atoms with E-state index in [2.05, 4.69) is 0 Å². The van der Waals surface area contributed by atoms with Gasteiger partial charge in [0.25, 0.3) is 16.8 Å². The minimum Gasteiger partial charge on any atom is -0.490 e. The molecule has 0 aliphatic carbocycles. The third kappa shape index (κ3) is 6.25. The zero-order valence-electron chi connectivity index (χ0n) is 19.5. The van der Waals surface area contributed by atoms with Gasteiger partial charge >= 0.3 is 0 Å². The lowest BCUT2D eigenvalue weighted by Gasteiger charge is -2.15. The van der Waals surface area contributed by atoms with Crippen molar-refractivity contribution in [3.8, 4) is 11.5 Å². The van der Waals surface area contributed by atoms with Gasteiger partial charge in [-0.1, -0.05) is 35.3 Å². The first-order valence-corrected chi connectivity index (χ1v) is 12.6. The van der Waals surface area contributed by atoms with Crippen molar-refractivity contribution in [2.24, 2.45) is 0 Å². The number of non-ortho nitro benzene ring substituents is 1. The summed E-state index contributed by atoms with van der Waals surface area (Å²) in [6, 6.07) is 16.2. The quantitative estimate of drug-likeness (QED) is 0.156. The molecular formula is C26H20Cl2N2O6S. The standard InChI is InChI=1S/C26H20Cl2N2O6S/c1-2-35-23-12-17(8-11-22(23)36-15-16-6-9-18(10-7-16)30(33)34)13-24-25(31)29(26(32)37-24)14-19-20(27)4-3-5-21(19)28/h3-13H,2,14-15H2,1H3/b24-13-. The summed E-state index contributed by atoms with van der Waals surface area (Å²) < 4.78 is 11.6. The lowest BCUT2D eigenvalue weighted by atomic mass is 10.1. The molecule has 0 aromatic heterocycles. The molecule has 0 N–H and O–H groups in total. The molecule has 8 nitrogen and oxygen atoms in total. The number of amides is 2. The minimum absolute atomic E-state index is 0.00230. The number of nitro benzene ring substituents is 1. The Hall–Kier alpha value is -3.53. The molecule has 190 valence electrons. The second kappa shape index (κ2) is 11.7. The zero-order chi connectivity index (χ0) is 26.5. The number of carbonyl (C=O) groups is 2. The van der Waals surface area contributed by atoms with Crippen LogP contribution in [0.3, 0.4) is 0 Å². The molecule has 11 heteroatoms. The van der Waals surface area contributed by atoms with Crippen LogP contribution in [-0.2, 0) is 17.9 Å². The van der Waals surface area contributed by atoms with Crippen LogP contribution in [0.4, 0.5) is 10.5 Å². The van der Waals surface area contributed by atoms with Crippen LogP contribution < -0.4 is 9.47 Å². The summed E-state index contributed by atoms with van der Waals surface area (Å²) in [6.07, 6.45) is 1.61. The Morgan fingerprint density at radius 2 is 1.70 bits per heavy atom. The van der Waals surface area contributed by atoms with Gasteiger partial charge in [-0.05, 0) is 72.3 Å². The molecule has 0 spiro atoms. The van der Waals surface area contributed by atoms with Crippen LogP contribution in [0, 0.1) is 10.1 Å². The predicted molar refractivity (Wildman–Crippen MR) is 143 cm³/mol. The van der Waals surface area contributed by atoms with E-state index in [0.29, 0.717) is 39.3 Å². The first-order chi connectivity index (χ1) is 17.8. The number of ether oxygens (including phenoxy) is 2. The molecule has 1 heterocycles. The van der Waals surface area contributed by atoms with E-state index in [9.17, 15) is 19.7 Å². The van der Waals surface area contributed by atoms with Crippen molar-refractivity contribution in [1.82, 2.24) is 4.90 Å². The van der Waals surface area contributed by atoms with Crippen LogP contribution >= 0.6 is 35.0 Å². The maximum Gasteiger partial charge on any atom is 0.293 e. The Balaban J connectivity index is 1.50. The van der Waals surface area contributed by atoms with E-state index in [4.69, 9.17) is 32.7 Å². The highest BCUT2D eigenvalue weighted by Gasteiger charge is 2.35.